The molecule has 2 rings (SSSR count). The van der Waals surface area contributed by atoms with E-state index in [-0.39, 0.29) is 11.7 Å². The van der Waals surface area contributed by atoms with Gasteiger partial charge >= 0.3 is 12.3 Å². The molecule has 6 heteroatoms. The summed E-state index contributed by atoms with van der Waals surface area (Å²) in [6, 6.07) is 5.37. The molecule has 0 N–H and O–H groups in total. The van der Waals surface area contributed by atoms with Gasteiger partial charge in [0.15, 0.2) is 11.5 Å². The molecule has 1 aliphatic carbocycles. The smallest absolute Gasteiger partial charge is 0.422 e. The summed E-state index contributed by atoms with van der Waals surface area (Å²) < 4.78 is 46.4. The van der Waals surface area contributed by atoms with Crippen LogP contribution < -0.4 is 9.47 Å². The third-order valence-corrected chi connectivity index (χ3v) is 4.68. The number of para-hydroxylation sites is 2. The first-order chi connectivity index (χ1) is 11.9. The molecule has 1 fully saturated rings. The van der Waals surface area contributed by atoms with E-state index < -0.39 is 18.1 Å². The van der Waals surface area contributed by atoms with Gasteiger partial charge in [-0.1, -0.05) is 44.7 Å². The third-order valence-electron chi connectivity index (χ3n) is 4.68. The molecular formula is C19H25F3O3. The lowest BCUT2D eigenvalue weighted by Gasteiger charge is -2.27. The van der Waals surface area contributed by atoms with Gasteiger partial charge in [-0.2, -0.15) is 0 Å². The Balaban J connectivity index is 1.87. The number of carbonyl (C=O) groups excluding carboxylic acids is 1. The Labute approximate surface area is 146 Å². The molecule has 1 aromatic rings. The number of alkyl halides is 3. The minimum atomic E-state index is -4.82. The van der Waals surface area contributed by atoms with Crippen molar-refractivity contribution in [2.75, 3.05) is 0 Å². The fourth-order valence-corrected chi connectivity index (χ4v) is 3.31. The molecule has 0 aliphatic heterocycles. The van der Waals surface area contributed by atoms with Crippen LogP contribution in [0, 0.1) is 11.8 Å². The summed E-state index contributed by atoms with van der Waals surface area (Å²) >= 11 is 0. The highest BCUT2D eigenvalue weighted by molar-refractivity contribution is 5.76. The third kappa shape index (κ3) is 6.59. The van der Waals surface area contributed by atoms with Crippen molar-refractivity contribution in [1.29, 1.82) is 0 Å². The van der Waals surface area contributed by atoms with E-state index in [4.69, 9.17) is 4.74 Å². The lowest BCUT2D eigenvalue weighted by Crippen LogP contribution is -2.26. The van der Waals surface area contributed by atoms with Crippen molar-refractivity contribution < 1.29 is 27.4 Å². The van der Waals surface area contributed by atoms with E-state index in [0.717, 1.165) is 31.7 Å². The Morgan fingerprint density at radius 1 is 1.08 bits per heavy atom. The Kier molecular flexibility index (Phi) is 7.14. The van der Waals surface area contributed by atoms with Crippen LogP contribution in [-0.4, -0.2) is 12.3 Å². The zero-order valence-corrected chi connectivity index (χ0v) is 14.5. The fraction of sp³-hybridized carbons (Fsp3) is 0.632. The van der Waals surface area contributed by atoms with Gasteiger partial charge in [-0.05, 0) is 43.7 Å². The fourth-order valence-electron chi connectivity index (χ4n) is 3.31. The maximum atomic E-state index is 12.4. The van der Waals surface area contributed by atoms with E-state index in [9.17, 15) is 18.0 Å². The van der Waals surface area contributed by atoms with Gasteiger partial charge in [0.1, 0.15) is 0 Å². The van der Waals surface area contributed by atoms with E-state index in [0.29, 0.717) is 5.92 Å². The van der Waals surface area contributed by atoms with Crippen LogP contribution in [0.5, 0.6) is 11.5 Å². The van der Waals surface area contributed by atoms with Crippen molar-refractivity contribution in [2.24, 2.45) is 11.8 Å². The van der Waals surface area contributed by atoms with Crippen LogP contribution in [0.4, 0.5) is 13.2 Å². The average molecular weight is 358 g/mol. The van der Waals surface area contributed by atoms with Gasteiger partial charge in [0.2, 0.25) is 0 Å². The van der Waals surface area contributed by atoms with Gasteiger partial charge in [0.05, 0.1) is 5.92 Å². The highest BCUT2D eigenvalue weighted by Crippen LogP contribution is 2.35. The molecule has 0 radical (unpaired) electrons. The van der Waals surface area contributed by atoms with Gasteiger partial charge in [-0.3, -0.25) is 4.79 Å². The van der Waals surface area contributed by atoms with Crippen LogP contribution in [0.2, 0.25) is 0 Å². The largest absolute Gasteiger partial charge is 0.573 e. The Hall–Kier alpha value is -1.72. The zero-order chi connectivity index (χ0) is 18.3. The van der Waals surface area contributed by atoms with E-state index >= 15 is 0 Å². The zero-order valence-electron chi connectivity index (χ0n) is 14.5. The first-order valence-electron chi connectivity index (χ1n) is 8.95. The molecule has 0 unspecified atom stereocenters. The summed E-state index contributed by atoms with van der Waals surface area (Å²) in [5, 5.41) is 0. The van der Waals surface area contributed by atoms with Gasteiger partial charge < -0.3 is 9.47 Å². The summed E-state index contributed by atoms with van der Waals surface area (Å²) in [6.07, 6.45) is 3.44. The molecule has 0 atom stereocenters. The van der Waals surface area contributed by atoms with E-state index in [1.54, 1.807) is 0 Å². The van der Waals surface area contributed by atoms with Crippen molar-refractivity contribution in [2.45, 2.75) is 64.7 Å². The summed E-state index contributed by atoms with van der Waals surface area (Å²) in [6.45, 7) is 2.17. The Morgan fingerprint density at radius 2 is 1.72 bits per heavy atom. The second kappa shape index (κ2) is 9.11. The van der Waals surface area contributed by atoms with Crippen LogP contribution in [0.1, 0.15) is 58.3 Å². The number of ether oxygens (including phenoxy) is 2. The van der Waals surface area contributed by atoms with Crippen LogP contribution in [0.15, 0.2) is 24.3 Å². The van der Waals surface area contributed by atoms with Crippen molar-refractivity contribution in [3.8, 4) is 11.5 Å². The minimum Gasteiger partial charge on any atom is -0.422 e. The molecular weight excluding hydrogens is 333 g/mol. The topological polar surface area (TPSA) is 35.5 Å². The maximum Gasteiger partial charge on any atom is 0.573 e. The summed E-state index contributed by atoms with van der Waals surface area (Å²) in [5.41, 5.74) is 0. The Morgan fingerprint density at radius 3 is 2.32 bits per heavy atom. The predicted molar refractivity (Wildman–Crippen MR) is 88.4 cm³/mol. The highest BCUT2D eigenvalue weighted by atomic mass is 19.4. The number of halogens is 3. The summed E-state index contributed by atoms with van der Waals surface area (Å²) in [7, 11) is 0. The number of rotatable bonds is 7. The molecule has 0 amide bonds. The summed E-state index contributed by atoms with van der Waals surface area (Å²) in [4.78, 5) is 12.3. The molecule has 0 spiro atoms. The molecule has 1 saturated carbocycles. The van der Waals surface area contributed by atoms with Crippen LogP contribution in [-0.2, 0) is 4.79 Å². The lowest BCUT2D eigenvalue weighted by atomic mass is 9.80. The molecule has 140 valence electrons. The van der Waals surface area contributed by atoms with Crippen LogP contribution in [0.3, 0.4) is 0 Å². The van der Waals surface area contributed by atoms with Crippen LogP contribution >= 0.6 is 0 Å². The van der Waals surface area contributed by atoms with Crippen molar-refractivity contribution in [3.63, 3.8) is 0 Å². The standard InChI is InChI=1S/C19H25F3O3/c1-2-3-4-7-14-10-12-15(13-11-14)18(23)24-16-8-5-6-9-17(16)25-19(20,21)22/h5-6,8-9,14-15H,2-4,7,10-13H2,1H3. The molecule has 3 nitrogen and oxygen atoms in total. The van der Waals surface area contributed by atoms with E-state index in [2.05, 4.69) is 11.7 Å². The minimum absolute atomic E-state index is 0.185. The number of hydrogen-bond acceptors (Lipinski definition) is 3. The second-order valence-electron chi connectivity index (χ2n) is 6.63. The number of unbranched alkanes of at least 4 members (excludes halogenated alkanes) is 2. The molecule has 25 heavy (non-hydrogen) atoms. The van der Waals surface area contributed by atoms with Crippen molar-refractivity contribution >= 4 is 5.97 Å². The maximum absolute atomic E-state index is 12.4. The number of hydrogen-bond donors (Lipinski definition) is 0. The number of benzene rings is 1. The average Bonchev–Trinajstić information content (AvgIpc) is 2.56. The first kappa shape index (κ1) is 19.6. The molecule has 1 aromatic carbocycles. The molecule has 1 aliphatic rings. The molecule has 0 saturated heterocycles. The number of esters is 1. The number of carbonyl (C=O) groups is 1. The lowest BCUT2D eigenvalue weighted by molar-refractivity contribution is -0.275. The van der Waals surface area contributed by atoms with Crippen molar-refractivity contribution in [3.05, 3.63) is 24.3 Å². The van der Waals surface area contributed by atoms with E-state index in [1.807, 2.05) is 0 Å². The normalized spacial score (nSPS) is 21.0. The Bertz CT molecular complexity index is 549. The molecule has 0 bridgehead atoms. The van der Waals surface area contributed by atoms with E-state index in [1.165, 1.54) is 43.9 Å². The predicted octanol–water partition coefficient (Wildman–Crippen LogP) is 5.88. The highest BCUT2D eigenvalue weighted by Gasteiger charge is 2.33. The van der Waals surface area contributed by atoms with Gasteiger partial charge in [0, 0.05) is 0 Å². The van der Waals surface area contributed by atoms with Crippen LogP contribution in [0.25, 0.3) is 0 Å². The second-order valence-corrected chi connectivity index (χ2v) is 6.63. The molecule has 0 aromatic heterocycles. The summed E-state index contributed by atoms with van der Waals surface area (Å²) in [5.74, 6) is -0.741. The SMILES string of the molecule is CCCCCC1CCC(C(=O)Oc2ccccc2OC(F)(F)F)CC1. The van der Waals surface area contributed by atoms with Gasteiger partial charge in [-0.15, -0.1) is 13.2 Å². The quantitative estimate of drug-likeness (QED) is 0.347. The monoisotopic (exact) mass is 358 g/mol. The first-order valence-corrected chi connectivity index (χ1v) is 8.95. The van der Waals surface area contributed by atoms with Crippen molar-refractivity contribution in [1.82, 2.24) is 0 Å². The van der Waals surface area contributed by atoms with Gasteiger partial charge in [-0.25, -0.2) is 0 Å². The molecule has 0 heterocycles. The van der Waals surface area contributed by atoms with Gasteiger partial charge in [0.25, 0.3) is 0 Å².